The van der Waals surface area contributed by atoms with Gasteiger partial charge in [0.25, 0.3) is 0 Å². The summed E-state index contributed by atoms with van der Waals surface area (Å²) < 4.78 is 33.3. The van der Waals surface area contributed by atoms with E-state index in [1.165, 1.54) is 18.2 Å². The lowest BCUT2D eigenvalue weighted by Crippen LogP contribution is -2.56. The molecule has 2 heterocycles. The van der Waals surface area contributed by atoms with Crippen molar-refractivity contribution >= 4 is 11.9 Å². The van der Waals surface area contributed by atoms with Crippen molar-refractivity contribution in [2.75, 3.05) is 0 Å². The molecular formula is C21H27F2NO3. The highest BCUT2D eigenvalue weighted by molar-refractivity contribution is 5.84. The van der Waals surface area contributed by atoms with Gasteiger partial charge in [-0.25, -0.2) is 13.6 Å². The van der Waals surface area contributed by atoms with E-state index in [-0.39, 0.29) is 41.9 Å². The van der Waals surface area contributed by atoms with Crippen molar-refractivity contribution in [3.8, 4) is 0 Å². The maximum absolute atomic E-state index is 13.9. The second-order valence-electron chi connectivity index (χ2n) is 8.64. The van der Waals surface area contributed by atoms with E-state index in [2.05, 4.69) is 0 Å². The van der Waals surface area contributed by atoms with Crippen LogP contribution < -0.4 is 0 Å². The van der Waals surface area contributed by atoms with Crippen molar-refractivity contribution in [2.24, 2.45) is 5.92 Å². The summed E-state index contributed by atoms with van der Waals surface area (Å²) in [4.78, 5) is 27.1. The third-order valence-electron chi connectivity index (χ3n) is 5.45. The van der Waals surface area contributed by atoms with Crippen molar-refractivity contribution < 1.29 is 23.1 Å². The molecule has 2 unspecified atom stereocenters. The number of carbonyl (C=O) groups is 2. The number of benzene rings is 1. The Morgan fingerprint density at radius 1 is 1.11 bits per heavy atom. The molecule has 1 aromatic carbocycles. The molecule has 4 nitrogen and oxygen atoms in total. The molecule has 3 rings (SSSR count). The molecule has 148 valence electrons. The van der Waals surface area contributed by atoms with Crippen molar-refractivity contribution in [2.45, 2.75) is 77.0 Å². The van der Waals surface area contributed by atoms with E-state index in [1.807, 2.05) is 20.8 Å². The van der Waals surface area contributed by atoms with Gasteiger partial charge in [-0.1, -0.05) is 6.07 Å². The van der Waals surface area contributed by atoms with Gasteiger partial charge in [0, 0.05) is 30.0 Å². The number of hydrogen-bond acceptors (Lipinski definition) is 3. The van der Waals surface area contributed by atoms with Crippen LogP contribution in [0, 0.1) is 17.6 Å². The first-order valence-corrected chi connectivity index (χ1v) is 9.62. The Kier molecular flexibility index (Phi) is 5.54. The summed E-state index contributed by atoms with van der Waals surface area (Å²) >= 11 is 0. The highest BCUT2D eigenvalue weighted by atomic mass is 19.1. The Hall–Kier alpha value is -1.98. The molecule has 2 aliphatic rings. The second kappa shape index (κ2) is 7.56. The minimum Gasteiger partial charge on any atom is -0.444 e. The van der Waals surface area contributed by atoms with Crippen LogP contribution in [0.4, 0.5) is 13.6 Å². The zero-order chi connectivity index (χ0) is 19.8. The Morgan fingerprint density at radius 2 is 1.67 bits per heavy atom. The largest absolute Gasteiger partial charge is 0.444 e. The Labute approximate surface area is 158 Å². The summed E-state index contributed by atoms with van der Waals surface area (Å²) in [6.45, 7) is 5.50. The molecule has 2 saturated heterocycles. The molecule has 27 heavy (non-hydrogen) atoms. The van der Waals surface area contributed by atoms with Gasteiger partial charge < -0.3 is 9.64 Å². The second-order valence-corrected chi connectivity index (χ2v) is 8.64. The third kappa shape index (κ3) is 4.47. The van der Waals surface area contributed by atoms with Gasteiger partial charge in [-0.2, -0.15) is 0 Å². The fraction of sp³-hybridized carbons (Fsp3) is 0.619. The fourth-order valence-corrected chi connectivity index (χ4v) is 4.28. The number of ether oxygens (including phenoxy) is 1. The maximum atomic E-state index is 13.9. The highest BCUT2D eigenvalue weighted by Crippen LogP contribution is 2.38. The minimum absolute atomic E-state index is 0.0493. The van der Waals surface area contributed by atoms with Gasteiger partial charge >= 0.3 is 6.09 Å². The number of amides is 1. The molecule has 0 aromatic heterocycles. The number of Topliss-reactive ketones (excluding diaryl/α,β-unsaturated/α-hetero) is 1. The van der Waals surface area contributed by atoms with Crippen LogP contribution >= 0.6 is 0 Å². The molecular weight excluding hydrogens is 352 g/mol. The molecule has 2 fully saturated rings. The smallest absolute Gasteiger partial charge is 0.410 e. The molecule has 6 heteroatoms. The number of fused-ring (bicyclic) bond motifs is 2. The van der Waals surface area contributed by atoms with E-state index in [4.69, 9.17) is 4.74 Å². The third-order valence-corrected chi connectivity index (χ3v) is 5.45. The van der Waals surface area contributed by atoms with E-state index in [9.17, 15) is 18.4 Å². The van der Waals surface area contributed by atoms with E-state index in [0.29, 0.717) is 12.8 Å². The van der Waals surface area contributed by atoms with E-state index >= 15 is 0 Å². The zero-order valence-electron chi connectivity index (χ0n) is 16.1. The van der Waals surface area contributed by atoms with Crippen LogP contribution in [0.1, 0.15) is 58.4 Å². The molecule has 1 amide bonds. The van der Waals surface area contributed by atoms with Gasteiger partial charge in [0.05, 0.1) is 0 Å². The average Bonchev–Trinajstić information content (AvgIpc) is 2.55. The number of hydrogen-bond donors (Lipinski definition) is 0. The van der Waals surface area contributed by atoms with Gasteiger partial charge in [0.2, 0.25) is 0 Å². The van der Waals surface area contributed by atoms with Crippen molar-refractivity contribution in [3.63, 3.8) is 0 Å². The predicted molar refractivity (Wildman–Crippen MR) is 97.3 cm³/mol. The van der Waals surface area contributed by atoms with E-state index in [0.717, 1.165) is 19.3 Å². The van der Waals surface area contributed by atoms with Gasteiger partial charge in [-0.3, -0.25) is 4.79 Å². The molecule has 2 aliphatic heterocycles. The van der Waals surface area contributed by atoms with Crippen LogP contribution in [0.2, 0.25) is 0 Å². The summed E-state index contributed by atoms with van der Waals surface area (Å²) in [5, 5.41) is 0. The first kappa shape index (κ1) is 19.8. The van der Waals surface area contributed by atoms with Crippen LogP contribution in [-0.2, 0) is 16.0 Å². The van der Waals surface area contributed by atoms with Crippen molar-refractivity contribution in [1.29, 1.82) is 0 Å². The Bertz CT molecular complexity index is 694. The molecule has 0 N–H and O–H groups in total. The zero-order valence-corrected chi connectivity index (χ0v) is 16.1. The van der Waals surface area contributed by atoms with Gasteiger partial charge in [0.15, 0.2) is 0 Å². The van der Waals surface area contributed by atoms with Gasteiger partial charge in [-0.15, -0.1) is 0 Å². The molecule has 2 atom stereocenters. The maximum Gasteiger partial charge on any atom is 0.410 e. The van der Waals surface area contributed by atoms with Crippen molar-refractivity contribution in [1.82, 2.24) is 4.90 Å². The first-order valence-electron chi connectivity index (χ1n) is 9.62. The lowest BCUT2D eigenvalue weighted by atomic mass is 9.76. The topological polar surface area (TPSA) is 46.6 Å². The van der Waals surface area contributed by atoms with Crippen molar-refractivity contribution in [3.05, 3.63) is 35.4 Å². The summed E-state index contributed by atoms with van der Waals surface area (Å²) in [7, 11) is 0. The SMILES string of the molecule is CC(C)(C)OC(=O)N1C2CCCC1CC(C(=O)Cc1c(F)cccc1F)C2. The van der Waals surface area contributed by atoms with Crippen LogP contribution in [0.5, 0.6) is 0 Å². The lowest BCUT2D eigenvalue weighted by molar-refractivity contribution is -0.126. The number of piperidine rings is 2. The van der Waals surface area contributed by atoms with Gasteiger partial charge in [-0.05, 0) is 65.0 Å². The standard InChI is InChI=1S/C21H27F2NO3/c1-21(2,3)27-20(26)24-14-6-4-7-15(24)11-13(10-14)19(25)12-16-17(22)8-5-9-18(16)23/h5,8-9,13-15H,4,6-7,10-12H2,1-3H3. The number of ketones is 1. The normalized spacial score (nSPS) is 25.2. The molecule has 0 spiro atoms. The van der Waals surface area contributed by atoms with Crippen LogP contribution in [-0.4, -0.2) is 34.5 Å². The minimum atomic E-state index is -0.685. The number of nitrogens with zero attached hydrogens (tertiary/aromatic N) is 1. The number of halogens is 2. The summed E-state index contributed by atoms with van der Waals surface area (Å²) in [5.74, 6) is -1.80. The first-order chi connectivity index (χ1) is 12.7. The van der Waals surface area contributed by atoms with E-state index < -0.39 is 17.2 Å². The Balaban J connectivity index is 1.71. The summed E-state index contributed by atoms with van der Waals surface area (Å²) in [5.41, 5.74) is -0.734. The van der Waals surface area contributed by atoms with Crippen LogP contribution in [0.25, 0.3) is 0 Å². The predicted octanol–water partition coefficient (Wildman–Crippen LogP) is 4.64. The van der Waals surface area contributed by atoms with E-state index in [1.54, 1.807) is 4.90 Å². The monoisotopic (exact) mass is 379 g/mol. The lowest BCUT2D eigenvalue weighted by Gasteiger charge is -2.48. The molecule has 0 saturated carbocycles. The quantitative estimate of drug-likeness (QED) is 0.768. The molecule has 0 aliphatic carbocycles. The van der Waals surface area contributed by atoms with Gasteiger partial charge in [0.1, 0.15) is 23.0 Å². The number of rotatable bonds is 3. The fourth-order valence-electron chi connectivity index (χ4n) is 4.28. The average molecular weight is 379 g/mol. The van der Waals surface area contributed by atoms with Crippen LogP contribution in [0.15, 0.2) is 18.2 Å². The molecule has 0 radical (unpaired) electrons. The number of carbonyl (C=O) groups excluding carboxylic acids is 2. The molecule has 2 bridgehead atoms. The van der Waals surface area contributed by atoms with Crippen LogP contribution in [0.3, 0.4) is 0 Å². The molecule has 1 aromatic rings. The Morgan fingerprint density at radius 3 is 2.19 bits per heavy atom. The highest BCUT2D eigenvalue weighted by Gasteiger charge is 2.44. The summed E-state index contributed by atoms with van der Waals surface area (Å²) in [6.07, 6.45) is 3.16. The summed E-state index contributed by atoms with van der Waals surface area (Å²) in [6, 6.07) is 3.54.